The van der Waals surface area contributed by atoms with Crippen LogP contribution in [0.25, 0.3) is 11.1 Å². The molecule has 0 unspecified atom stereocenters. The molecule has 4 rings (SSSR count). The Bertz CT molecular complexity index is 1110. The van der Waals surface area contributed by atoms with E-state index in [1.807, 2.05) is 65.6 Å². The number of hydrogen-bond acceptors (Lipinski definition) is 4. The molecule has 34 heavy (non-hydrogen) atoms. The lowest BCUT2D eigenvalue weighted by molar-refractivity contribution is 0.0664. The number of carbonyl (C=O) groups excluding carboxylic acids is 2. The first-order valence-corrected chi connectivity index (χ1v) is 11.7. The molecule has 1 fully saturated rings. The summed E-state index contributed by atoms with van der Waals surface area (Å²) in [5.41, 5.74) is 3.79. The minimum absolute atomic E-state index is 0.0726. The third kappa shape index (κ3) is 6.37. The summed E-state index contributed by atoms with van der Waals surface area (Å²) in [6, 6.07) is 22.5. The molecule has 1 aliphatic rings. The lowest BCUT2D eigenvalue weighted by Gasteiger charge is -2.32. The van der Waals surface area contributed by atoms with E-state index >= 15 is 0 Å². The van der Waals surface area contributed by atoms with Crippen molar-refractivity contribution in [3.63, 3.8) is 0 Å². The van der Waals surface area contributed by atoms with Crippen molar-refractivity contribution in [2.24, 2.45) is 0 Å². The van der Waals surface area contributed by atoms with E-state index < -0.39 is 6.09 Å². The second kappa shape index (κ2) is 11.2. The molecule has 3 aromatic rings. The van der Waals surface area contributed by atoms with Crippen LogP contribution in [0.2, 0.25) is 5.02 Å². The number of benzene rings is 3. The molecule has 0 bridgehead atoms. The molecule has 0 spiro atoms. The van der Waals surface area contributed by atoms with Crippen molar-refractivity contribution in [3.05, 3.63) is 88.9 Å². The first kappa shape index (κ1) is 23.8. The van der Waals surface area contributed by atoms with Gasteiger partial charge in [-0.25, -0.2) is 4.79 Å². The van der Waals surface area contributed by atoms with Gasteiger partial charge in [-0.1, -0.05) is 48.0 Å². The van der Waals surface area contributed by atoms with Gasteiger partial charge in [-0.15, -0.1) is 0 Å². The number of nitrogens with zero attached hydrogens (tertiary/aromatic N) is 2. The van der Waals surface area contributed by atoms with Gasteiger partial charge in [0.15, 0.2) is 0 Å². The van der Waals surface area contributed by atoms with Crippen molar-refractivity contribution < 1.29 is 14.3 Å². The van der Waals surface area contributed by atoms with Crippen LogP contribution in [0.4, 0.5) is 4.79 Å². The molecule has 0 atom stereocenters. The minimum Gasteiger partial charge on any atom is -0.410 e. The number of likely N-dealkylation sites (N-methyl/N-ethyl adjacent to an activating group) is 1. The van der Waals surface area contributed by atoms with Crippen molar-refractivity contribution in [3.8, 4) is 16.9 Å². The molecule has 1 heterocycles. The van der Waals surface area contributed by atoms with E-state index in [-0.39, 0.29) is 5.91 Å². The van der Waals surface area contributed by atoms with Crippen molar-refractivity contribution in [2.45, 2.75) is 6.42 Å². The first-order chi connectivity index (χ1) is 16.5. The predicted octanol–water partition coefficient (Wildman–Crippen LogP) is 4.73. The van der Waals surface area contributed by atoms with E-state index in [0.29, 0.717) is 29.3 Å². The Balaban J connectivity index is 1.21. The lowest BCUT2D eigenvalue weighted by Crippen LogP contribution is -2.47. The van der Waals surface area contributed by atoms with Crippen molar-refractivity contribution >= 4 is 23.6 Å². The zero-order valence-electron chi connectivity index (χ0n) is 19.2. The molecular weight excluding hydrogens is 450 g/mol. The van der Waals surface area contributed by atoms with Gasteiger partial charge in [-0.2, -0.15) is 0 Å². The molecule has 0 saturated carbocycles. The van der Waals surface area contributed by atoms with Crippen LogP contribution in [0.15, 0.2) is 72.8 Å². The highest BCUT2D eigenvalue weighted by Gasteiger charge is 2.20. The Hall–Kier alpha value is -3.35. The maximum atomic E-state index is 12.6. The Morgan fingerprint density at radius 2 is 1.44 bits per heavy atom. The van der Waals surface area contributed by atoms with Crippen LogP contribution < -0.4 is 10.1 Å². The minimum atomic E-state index is -0.499. The van der Waals surface area contributed by atoms with Crippen LogP contribution in [-0.4, -0.2) is 61.6 Å². The molecule has 3 aromatic carbocycles. The highest BCUT2D eigenvalue weighted by atomic mass is 35.5. The molecule has 7 heteroatoms. The summed E-state index contributed by atoms with van der Waals surface area (Å²) in [6.07, 6.45) is 0.147. The van der Waals surface area contributed by atoms with Crippen LogP contribution in [0, 0.1) is 0 Å². The molecule has 2 amide bonds. The van der Waals surface area contributed by atoms with Crippen LogP contribution >= 0.6 is 11.6 Å². The summed E-state index contributed by atoms with van der Waals surface area (Å²) in [6.45, 7) is 3.75. The van der Waals surface area contributed by atoms with Gasteiger partial charge in [-0.3, -0.25) is 4.79 Å². The summed E-state index contributed by atoms with van der Waals surface area (Å²) in [5, 5.41) is 3.46. The second-order valence-corrected chi connectivity index (χ2v) is 8.83. The zero-order valence-corrected chi connectivity index (χ0v) is 19.9. The third-order valence-electron chi connectivity index (χ3n) is 5.92. The summed E-state index contributed by atoms with van der Waals surface area (Å²) in [7, 11) is 2.07. The number of piperazine rings is 1. The smallest absolute Gasteiger partial charge is 0.410 e. The maximum Gasteiger partial charge on any atom is 0.412 e. The molecule has 0 radical (unpaired) electrons. The van der Waals surface area contributed by atoms with Crippen LogP contribution in [0.3, 0.4) is 0 Å². The molecule has 6 nitrogen and oxygen atoms in total. The van der Waals surface area contributed by atoms with Gasteiger partial charge < -0.3 is 19.9 Å². The standard InChI is InChI=1S/C27H28ClN3O3/c1-30-16-18-31(19-17-30)26(32)23-4-2-20(3-5-23)14-15-29-27(33)34-25-12-8-22(9-13-25)21-6-10-24(28)11-7-21/h2-13H,14-19H2,1H3,(H,29,33). The van der Waals surface area contributed by atoms with Crippen LogP contribution in [0.5, 0.6) is 5.75 Å². The quantitative estimate of drug-likeness (QED) is 0.557. The molecular formula is C27H28ClN3O3. The molecule has 1 N–H and O–H groups in total. The molecule has 1 aliphatic heterocycles. The first-order valence-electron chi connectivity index (χ1n) is 11.4. The Morgan fingerprint density at radius 1 is 0.853 bits per heavy atom. The van der Waals surface area contributed by atoms with Crippen molar-refractivity contribution in [1.82, 2.24) is 15.1 Å². The van der Waals surface area contributed by atoms with E-state index in [4.69, 9.17) is 16.3 Å². The lowest BCUT2D eigenvalue weighted by atomic mass is 10.1. The number of halogens is 1. The average Bonchev–Trinajstić information content (AvgIpc) is 2.85. The Kier molecular flexibility index (Phi) is 7.83. The fourth-order valence-electron chi connectivity index (χ4n) is 3.82. The SMILES string of the molecule is CN1CCN(C(=O)c2ccc(CCNC(=O)Oc3ccc(-c4ccc(Cl)cc4)cc3)cc2)CC1. The summed E-state index contributed by atoms with van der Waals surface area (Å²) < 4.78 is 5.36. The largest absolute Gasteiger partial charge is 0.412 e. The fourth-order valence-corrected chi connectivity index (χ4v) is 3.94. The number of amides is 2. The van der Waals surface area contributed by atoms with E-state index in [9.17, 15) is 9.59 Å². The number of hydrogen-bond donors (Lipinski definition) is 1. The van der Waals surface area contributed by atoms with Gasteiger partial charge in [0.1, 0.15) is 5.75 Å². The second-order valence-electron chi connectivity index (χ2n) is 8.39. The molecule has 176 valence electrons. The summed E-state index contributed by atoms with van der Waals surface area (Å²) in [5.74, 6) is 0.547. The van der Waals surface area contributed by atoms with Crippen molar-refractivity contribution in [1.29, 1.82) is 0 Å². The topological polar surface area (TPSA) is 61.9 Å². The Morgan fingerprint density at radius 3 is 2.06 bits per heavy atom. The predicted molar refractivity (Wildman–Crippen MR) is 134 cm³/mol. The van der Waals surface area contributed by atoms with E-state index in [1.165, 1.54) is 0 Å². The summed E-state index contributed by atoms with van der Waals surface area (Å²) >= 11 is 5.93. The van der Waals surface area contributed by atoms with Gasteiger partial charge in [0.2, 0.25) is 0 Å². The zero-order chi connectivity index (χ0) is 23.9. The number of carbonyl (C=O) groups is 2. The Labute approximate surface area is 205 Å². The molecule has 0 aliphatic carbocycles. The van der Waals surface area contributed by atoms with E-state index in [1.54, 1.807) is 12.1 Å². The maximum absolute atomic E-state index is 12.6. The molecule has 1 saturated heterocycles. The van der Waals surface area contributed by atoms with Gasteiger partial charge >= 0.3 is 6.09 Å². The number of nitrogens with one attached hydrogen (secondary N) is 1. The summed E-state index contributed by atoms with van der Waals surface area (Å²) in [4.78, 5) is 28.9. The van der Waals surface area contributed by atoms with Gasteiger partial charge in [0, 0.05) is 43.3 Å². The van der Waals surface area contributed by atoms with Gasteiger partial charge in [-0.05, 0) is 66.6 Å². The van der Waals surface area contributed by atoms with Crippen LogP contribution in [-0.2, 0) is 6.42 Å². The molecule has 0 aromatic heterocycles. The van der Waals surface area contributed by atoms with E-state index in [0.717, 1.165) is 42.9 Å². The van der Waals surface area contributed by atoms with Gasteiger partial charge in [0.25, 0.3) is 5.91 Å². The van der Waals surface area contributed by atoms with Crippen molar-refractivity contribution in [2.75, 3.05) is 39.8 Å². The number of ether oxygens (including phenoxy) is 1. The highest BCUT2D eigenvalue weighted by Crippen LogP contribution is 2.24. The normalized spacial score (nSPS) is 14.0. The third-order valence-corrected chi connectivity index (χ3v) is 6.17. The van der Waals surface area contributed by atoms with E-state index in [2.05, 4.69) is 17.3 Å². The highest BCUT2D eigenvalue weighted by molar-refractivity contribution is 6.30. The van der Waals surface area contributed by atoms with Crippen LogP contribution in [0.1, 0.15) is 15.9 Å². The average molecular weight is 478 g/mol. The number of rotatable bonds is 6. The fraction of sp³-hybridized carbons (Fsp3) is 0.259. The van der Waals surface area contributed by atoms with Gasteiger partial charge in [0.05, 0.1) is 0 Å². The monoisotopic (exact) mass is 477 g/mol.